The lowest BCUT2D eigenvalue weighted by Gasteiger charge is -2.40. The van der Waals surface area contributed by atoms with E-state index in [2.05, 4.69) is 113 Å². The maximum Gasteiger partial charge on any atom is 0.494 e. The summed E-state index contributed by atoms with van der Waals surface area (Å²) in [5.41, 5.74) is 7.75. The first kappa shape index (κ1) is 22.2. The summed E-state index contributed by atoms with van der Waals surface area (Å²) in [4.78, 5) is 2.90. The lowest BCUT2D eigenvalue weighted by atomic mass is 9.71. The number of hydrogen-bond acceptors (Lipinski definition) is 2. The Morgan fingerprint density at radius 2 is 1.56 bits per heavy atom. The standard InChI is InChI=1S/C30H33BO2S/c1-29(2)30(3,4)33-31(32-29)23-14-16-24(17-15-23)34(5,6)26-19-13-22-11-10-20-8-7-9-21-12-18-25(26)28(22)27(20)21/h7-17,19,27H,18H2,1-6H3. The first-order valence-corrected chi connectivity index (χ1v) is 14.6. The molecule has 3 aliphatic carbocycles. The minimum Gasteiger partial charge on any atom is -0.399 e. The zero-order valence-electron chi connectivity index (χ0n) is 21.0. The fraction of sp³-hybridized carbons (Fsp3) is 0.333. The molecule has 0 saturated carbocycles. The summed E-state index contributed by atoms with van der Waals surface area (Å²) in [6.45, 7) is 8.42. The van der Waals surface area contributed by atoms with Crippen molar-refractivity contribution in [3.05, 3.63) is 94.6 Å². The van der Waals surface area contributed by atoms with Gasteiger partial charge in [0, 0.05) is 5.92 Å². The molecule has 1 unspecified atom stereocenters. The topological polar surface area (TPSA) is 18.5 Å². The van der Waals surface area contributed by atoms with Gasteiger partial charge in [0.25, 0.3) is 0 Å². The predicted molar refractivity (Wildman–Crippen MR) is 145 cm³/mol. The van der Waals surface area contributed by atoms with Crippen molar-refractivity contribution < 1.29 is 9.31 Å². The minimum atomic E-state index is -1.19. The summed E-state index contributed by atoms with van der Waals surface area (Å²) in [6.07, 6.45) is 19.7. The monoisotopic (exact) mass is 468 g/mol. The summed E-state index contributed by atoms with van der Waals surface area (Å²) < 4.78 is 12.6. The zero-order valence-corrected chi connectivity index (χ0v) is 21.8. The van der Waals surface area contributed by atoms with Gasteiger partial charge in [0.2, 0.25) is 0 Å². The van der Waals surface area contributed by atoms with Crippen LogP contribution in [0, 0.1) is 0 Å². The summed E-state index contributed by atoms with van der Waals surface area (Å²) in [6, 6.07) is 13.7. The van der Waals surface area contributed by atoms with Gasteiger partial charge >= 0.3 is 7.12 Å². The molecule has 2 aromatic carbocycles. The van der Waals surface area contributed by atoms with Gasteiger partial charge in [-0.2, -0.15) is 10.0 Å². The van der Waals surface area contributed by atoms with Crippen LogP contribution in [0.1, 0.15) is 50.3 Å². The van der Waals surface area contributed by atoms with Crippen LogP contribution < -0.4 is 5.46 Å². The number of rotatable bonds is 3. The van der Waals surface area contributed by atoms with E-state index in [1.54, 1.807) is 0 Å². The molecule has 2 nitrogen and oxygen atoms in total. The molecule has 34 heavy (non-hydrogen) atoms. The molecular formula is C30H33BO2S. The van der Waals surface area contributed by atoms with Gasteiger partial charge in [-0.3, -0.25) is 0 Å². The highest BCUT2D eigenvalue weighted by atomic mass is 32.3. The van der Waals surface area contributed by atoms with Crippen LogP contribution >= 0.6 is 10.0 Å². The predicted octanol–water partition coefficient (Wildman–Crippen LogP) is 6.56. The molecule has 1 atom stereocenters. The van der Waals surface area contributed by atoms with Crippen LogP contribution in [0.4, 0.5) is 0 Å². The molecule has 0 spiro atoms. The van der Waals surface area contributed by atoms with E-state index in [1.807, 2.05) is 0 Å². The van der Waals surface area contributed by atoms with Gasteiger partial charge in [0.05, 0.1) is 11.2 Å². The zero-order chi connectivity index (χ0) is 23.9. The van der Waals surface area contributed by atoms with Gasteiger partial charge in [0.1, 0.15) is 0 Å². The summed E-state index contributed by atoms with van der Waals surface area (Å²) in [5, 5.41) is 0. The van der Waals surface area contributed by atoms with Crippen molar-refractivity contribution in [2.24, 2.45) is 0 Å². The average molecular weight is 468 g/mol. The molecule has 1 aliphatic heterocycles. The molecule has 1 heterocycles. The maximum absolute atomic E-state index is 6.28. The molecule has 0 amide bonds. The third-order valence-corrected chi connectivity index (χ3v) is 11.4. The molecule has 0 radical (unpaired) electrons. The van der Waals surface area contributed by atoms with Crippen LogP contribution in [0.5, 0.6) is 0 Å². The van der Waals surface area contributed by atoms with E-state index in [0.717, 1.165) is 11.9 Å². The van der Waals surface area contributed by atoms with Crippen LogP contribution in [0.15, 0.2) is 87.7 Å². The van der Waals surface area contributed by atoms with Gasteiger partial charge in [-0.05, 0) is 95.8 Å². The van der Waals surface area contributed by atoms with E-state index < -0.39 is 10.0 Å². The molecule has 2 aromatic rings. The minimum absolute atomic E-state index is 0.318. The molecular weight excluding hydrogens is 435 g/mol. The van der Waals surface area contributed by atoms with Gasteiger partial charge in [-0.25, -0.2) is 0 Å². The largest absolute Gasteiger partial charge is 0.494 e. The SMILES string of the molecule is CC1(C)OB(c2ccc(S(C)(C)c3ccc4c5c3CC=C3C=CC=C(C=C4)C35)cc2)OC1(C)C. The molecule has 174 valence electrons. The first-order chi connectivity index (χ1) is 16.1. The molecule has 1 fully saturated rings. The van der Waals surface area contributed by atoms with Gasteiger partial charge in [-0.1, -0.05) is 66.8 Å². The molecule has 1 saturated heterocycles. The molecule has 4 heteroatoms. The Balaban J connectivity index is 1.36. The Bertz CT molecular complexity index is 1290. The lowest BCUT2D eigenvalue weighted by Crippen LogP contribution is -2.41. The number of hydrogen-bond donors (Lipinski definition) is 0. The van der Waals surface area contributed by atoms with Crippen molar-refractivity contribution in [3.63, 3.8) is 0 Å². The normalized spacial score (nSPS) is 23.9. The lowest BCUT2D eigenvalue weighted by molar-refractivity contribution is 0.00578. The van der Waals surface area contributed by atoms with Gasteiger partial charge in [-0.15, -0.1) is 0 Å². The van der Waals surface area contributed by atoms with Crippen LogP contribution in [0.3, 0.4) is 0 Å². The fourth-order valence-corrected chi connectivity index (χ4v) is 7.93. The van der Waals surface area contributed by atoms with E-state index >= 15 is 0 Å². The van der Waals surface area contributed by atoms with E-state index in [9.17, 15) is 0 Å². The Morgan fingerprint density at radius 3 is 2.26 bits per heavy atom. The Kier molecular flexibility index (Phi) is 4.81. The van der Waals surface area contributed by atoms with Crippen molar-refractivity contribution in [3.8, 4) is 0 Å². The third-order valence-electron chi connectivity index (χ3n) is 8.42. The van der Waals surface area contributed by atoms with Crippen molar-refractivity contribution in [2.75, 3.05) is 12.5 Å². The first-order valence-electron chi connectivity index (χ1n) is 12.2. The second-order valence-electron chi connectivity index (χ2n) is 11.2. The van der Waals surface area contributed by atoms with Crippen LogP contribution in [-0.2, 0) is 15.7 Å². The molecule has 0 bridgehead atoms. The highest BCUT2D eigenvalue weighted by molar-refractivity contribution is 8.32. The van der Waals surface area contributed by atoms with Crippen LogP contribution in [0.2, 0.25) is 0 Å². The molecule has 4 aliphatic rings. The van der Waals surface area contributed by atoms with Crippen LogP contribution in [0.25, 0.3) is 6.08 Å². The Hall–Kier alpha value is -2.27. The smallest absolute Gasteiger partial charge is 0.399 e. The molecule has 0 aromatic heterocycles. The summed E-state index contributed by atoms with van der Waals surface area (Å²) in [7, 11) is -1.50. The van der Waals surface area contributed by atoms with Crippen LogP contribution in [-0.4, -0.2) is 30.8 Å². The highest BCUT2D eigenvalue weighted by Crippen LogP contribution is 2.60. The average Bonchev–Trinajstić information content (AvgIpc) is 3.04. The number of benzene rings is 2. The second-order valence-corrected chi connectivity index (χ2v) is 14.8. The van der Waals surface area contributed by atoms with E-state index in [4.69, 9.17) is 9.31 Å². The highest BCUT2D eigenvalue weighted by Gasteiger charge is 2.51. The van der Waals surface area contributed by atoms with Gasteiger partial charge < -0.3 is 9.31 Å². The Morgan fingerprint density at radius 1 is 0.853 bits per heavy atom. The molecule has 0 N–H and O–H groups in total. The van der Waals surface area contributed by atoms with Crippen molar-refractivity contribution in [1.29, 1.82) is 0 Å². The van der Waals surface area contributed by atoms with Gasteiger partial charge in [0.15, 0.2) is 0 Å². The number of allylic oxidation sites excluding steroid dienone is 7. The van der Waals surface area contributed by atoms with Crippen molar-refractivity contribution >= 4 is 28.7 Å². The summed E-state index contributed by atoms with van der Waals surface area (Å²) in [5.74, 6) is 0.398. The van der Waals surface area contributed by atoms with E-state index in [-0.39, 0.29) is 18.3 Å². The maximum atomic E-state index is 6.28. The Labute approximate surface area is 205 Å². The van der Waals surface area contributed by atoms with Crippen molar-refractivity contribution in [1.82, 2.24) is 0 Å². The van der Waals surface area contributed by atoms with Crippen molar-refractivity contribution in [2.45, 2.75) is 61.0 Å². The molecule has 6 rings (SSSR count). The fourth-order valence-electron chi connectivity index (χ4n) is 5.64. The van der Waals surface area contributed by atoms with E-state index in [1.165, 1.54) is 37.6 Å². The third kappa shape index (κ3) is 3.19. The summed E-state index contributed by atoms with van der Waals surface area (Å²) >= 11 is 0. The van der Waals surface area contributed by atoms with E-state index in [0.29, 0.717) is 5.92 Å². The second kappa shape index (κ2) is 7.37. The quantitative estimate of drug-likeness (QED) is 0.475.